The van der Waals surface area contributed by atoms with E-state index in [0.717, 1.165) is 12.0 Å². The van der Waals surface area contributed by atoms with Crippen molar-refractivity contribution in [1.29, 1.82) is 0 Å². The second kappa shape index (κ2) is 10.7. The zero-order valence-electron chi connectivity index (χ0n) is 19.0. The number of carbonyl (C=O) groups is 2. The highest BCUT2D eigenvalue weighted by atomic mass is 16.5. The molecule has 2 aromatic rings. The number of para-hydroxylation sites is 1. The van der Waals surface area contributed by atoms with E-state index in [9.17, 15) is 9.59 Å². The van der Waals surface area contributed by atoms with E-state index >= 15 is 0 Å². The molecular formula is C26H29NO5. The Kier molecular flexibility index (Phi) is 7.71. The molecule has 0 saturated heterocycles. The van der Waals surface area contributed by atoms with Gasteiger partial charge in [0.05, 0.1) is 31.0 Å². The molecule has 0 radical (unpaired) electrons. The normalized spacial score (nSPS) is 14.8. The number of anilines is 1. The quantitative estimate of drug-likeness (QED) is 0.403. The average Bonchev–Trinajstić information content (AvgIpc) is 3.03. The number of nitrogens with zero attached hydrogens (tertiary/aromatic N) is 1. The summed E-state index contributed by atoms with van der Waals surface area (Å²) in [4.78, 5) is 27.7. The lowest BCUT2D eigenvalue weighted by molar-refractivity contribution is -0.138. The van der Waals surface area contributed by atoms with Crippen molar-refractivity contribution in [3.05, 3.63) is 70.9 Å². The van der Waals surface area contributed by atoms with Crippen LogP contribution in [-0.2, 0) is 14.3 Å². The third kappa shape index (κ3) is 4.85. The van der Waals surface area contributed by atoms with E-state index in [1.165, 1.54) is 0 Å². The van der Waals surface area contributed by atoms with Crippen LogP contribution in [0.2, 0.25) is 0 Å². The summed E-state index contributed by atoms with van der Waals surface area (Å²) in [5.41, 5.74) is 2.52. The lowest BCUT2D eigenvalue weighted by atomic mass is 10.0. The highest BCUT2D eigenvalue weighted by Gasteiger charge is 2.38. The number of benzene rings is 2. The maximum atomic E-state index is 13.4. The van der Waals surface area contributed by atoms with Gasteiger partial charge >= 0.3 is 5.97 Å². The van der Waals surface area contributed by atoms with Gasteiger partial charge in [-0.3, -0.25) is 9.69 Å². The fourth-order valence-corrected chi connectivity index (χ4v) is 3.55. The highest BCUT2D eigenvalue weighted by molar-refractivity contribution is 6.23. The van der Waals surface area contributed by atoms with Crippen LogP contribution in [0.4, 0.5) is 5.69 Å². The molecule has 168 valence electrons. The molecule has 1 aliphatic rings. The van der Waals surface area contributed by atoms with Crippen molar-refractivity contribution >= 4 is 23.6 Å². The van der Waals surface area contributed by atoms with Crippen molar-refractivity contribution < 1.29 is 23.8 Å². The first-order valence-corrected chi connectivity index (χ1v) is 10.9. The molecular weight excluding hydrogens is 406 g/mol. The molecule has 0 spiro atoms. The fourth-order valence-electron chi connectivity index (χ4n) is 3.55. The second-order valence-electron chi connectivity index (χ2n) is 7.20. The van der Waals surface area contributed by atoms with Gasteiger partial charge in [-0.05, 0) is 63.1 Å². The molecule has 0 bridgehead atoms. The molecule has 6 heteroatoms. The third-order valence-electron chi connectivity index (χ3n) is 4.93. The molecule has 0 N–H and O–H groups in total. The molecule has 1 aliphatic heterocycles. The van der Waals surface area contributed by atoms with E-state index < -0.39 is 5.97 Å². The molecule has 1 amide bonds. The van der Waals surface area contributed by atoms with Crippen molar-refractivity contribution in [3.63, 3.8) is 0 Å². The summed E-state index contributed by atoms with van der Waals surface area (Å²) in [6, 6.07) is 14.7. The average molecular weight is 436 g/mol. The number of hydrogen-bond donors (Lipinski definition) is 0. The van der Waals surface area contributed by atoms with Gasteiger partial charge in [-0.25, -0.2) is 4.79 Å². The molecule has 2 aromatic carbocycles. The van der Waals surface area contributed by atoms with Gasteiger partial charge in [0.15, 0.2) is 11.5 Å². The second-order valence-corrected chi connectivity index (χ2v) is 7.20. The summed E-state index contributed by atoms with van der Waals surface area (Å²) in [6.07, 6.45) is 2.58. The van der Waals surface area contributed by atoms with Crippen LogP contribution in [0.15, 0.2) is 65.4 Å². The SMILES string of the molecule is CCCOc1ccc(/C=C2\C(=O)N(c3ccccc3)C(C)=C2C(=O)OCC)cc1OCC. The van der Waals surface area contributed by atoms with Gasteiger partial charge in [0.2, 0.25) is 0 Å². The van der Waals surface area contributed by atoms with Crippen LogP contribution < -0.4 is 14.4 Å². The Bertz CT molecular complexity index is 1040. The van der Waals surface area contributed by atoms with Crippen molar-refractivity contribution in [2.24, 2.45) is 0 Å². The molecule has 0 aromatic heterocycles. The Balaban J connectivity index is 2.07. The van der Waals surface area contributed by atoms with Crippen LogP contribution in [0.3, 0.4) is 0 Å². The van der Waals surface area contributed by atoms with Crippen LogP contribution in [0.5, 0.6) is 11.5 Å². The standard InChI is InChI=1S/C26H29NO5/c1-5-15-32-22-14-13-19(17-23(22)30-6-2)16-21-24(26(29)31-7-3)18(4)27(25(21)28)20-11-9-8-10-12-20/h8-14,16-17H,5-7,15H2,1-4H3/b21-16-. The van der Waals surface area contributed by atoms with Gasteiger partial charge in [-0.1, -0.05) is 31.2 Å². The van der Waals surface area contributed by atoms with Gasteiger partial charge in [0.25, 0.3) is 5.91 Å². The predicted molar refractivity (Wildman–Crippen MR) is 125 cm³/mol. The van der Waals surface area contributed by atoms with Crippen molar-refractivity contribution in [2.45, 2.75) is 34.1 Å². The summed E-state index contributed by atoms with van der Waals surface area (Å²) in [5.74, 6) is 0.452. The lowest BCUT2D eigenvalue weighted by Gasteiger charge is -2.17. The zero-order valence-corrected chi connectivity index (χ0v) is 19.0. The molecule has 1 heterocycles. The van der Waals surface area contributed by atoms with E-state index in [0.29, 0.717) is 36.1 Å². The lowest BCUT2D eigenvalue weighted by Crippen LogP contribution is -2.24. The summed E-state index contributed by atoms with van der Waals surface area (Å²) < 4.78 is 16.8. The summed E-state index contributed by atoms with van der Waals surface area (Å²) >= 11 is 0. The summed E-state index contributed by atoms with van der Waals surface area (Å²) in [6.45, 7) is 8.72. The first-order chi connectivity index (χ1) is 15.5. The van der Waals surface area contributed by atoms with Gasteiger partial charge in [-0.2, -0.15) is 0 Å². The Morgan fingerprint density at radius 3 is 2.38 bits per heavy atom. The summed E-state index contributed by atoms with van der Waals surface area (Å²) in [5, 5.41) is 0. The molecule has 0 aliphatic carbocycles. The molecule has 0 saturated carbocycles. The van der Waals surface area contributed by atoms with Crippen molar-refractivity contribution in [3.8, 4) is 11.5 Å². The number of carbonyl (C=O) groups excluding carboxylic acids is 2. The minimum atomic E-state index is -0.518. The molecule has 0 fully saturated rings. The molecule has 3 rings (SSSR count). The maximum absolute atomic E-state index is 13.4. The van der Waals surface area contributed by atoms with Gasteiger partial charge in [0, 0.05) is 11.4 Å². The Labute approximate surface area is 189 Å². The highest BCUT2D eigenvalue weighted by Crippen LogP contribution is 2.36. The minimum absolute atomic E-state index is 0.223. The number of allylic oxidation sites excluding steroid dienone is 1. The molecule has 6 nitrogen and oxygen atoms in total. The van der Waals surface area contributed by atoms with Crippen molar-refractivity contribution in [2.75, 3.05) is 24.7 Å². The Hall–Kier alpha value is -3.54. The largest absolute Gasteiger partial charge is 0.490 e. The van der Waals surface area contributed by atoms with Gasteiger partial charge in [0.1, 0.15) is 0 Å². The third-order valence-corrected chi connectivity index (χ3v) is 4.93. The van der Waals surface area contributed by atoms with E-state index in [1.54, 1.807) is 24.8 Å². The Morgan fingerprint density at radius 2 is 1.72 bits per heavy atom. The van der Waals surface area contributed by atoms with E-state index in [-0.39, 0.29) is 23.7 Å². The Morgan fingerprint density at radius 1 is 0.969 bits per heavy atom. The zero-order chi connectivity index (χ0) is 23.1. The summed E-state index contributed by atoms with van der Waals surface area (Å²) in [7, 11) is 0. The van der Waals surface area contributed by atoms with Crippen LogP contribution in [0.25, 0.3) is 6.08 Å². The van der Waals surface area contributed by atoms with Crippen LogP contribution in [0, 0.1) is 0 Å². The topological polar surface area (TPSA) is 65.1 Å². The smallest absolute Gasteiger partial charge is 0.340 e. The predicted octanol–water partition coefficient (Wildman–Crippen LogP) is 5.14. The van der Waals surface area contributed by atoms with Crippen LogP contribution in [0.1, 0.15) is 39.7 Å². The van der Waals surface area contributed by atoms with Crippen LogP contribution in [-0.4, -0.2) is 31.7 Å². The number of rotatable bonds is 9. The van der Waals surface area contributed by atoms with E-state index in [1.807, 2.05) is 62.4 Å². The fraction of sp³-hybridized carbons (Fsp3) is 0.308. The minimum Gasteiger partial charge on any atom is -0.490 e. The van der Waals surface area contributed by atoms with E-state index in [2.05, 4.69) is 0 Å². The monoisotopic (exact) mass is 435 g/mol. The maximum Gasteiger partial charge on any atom is 0.340 e. The number of ether oxygens (including phenoxy) is 3. The first kappa shape index (κ1) is 23.1. The van der Waals surface area contributed by atoms with Crippen molar-refractivity contribution in [1.82, 2.24) is 0 Å². The van der Waals surface area contributed by atoms with Crippen LogP contribution >= 0.6 is 0 Å². The molecule has 0 unspecified atom stereocenters. The molecule has 32 heavy (non-hydrogen) atoms. The number of esters is 1. The number of hydrogen-bond acceptors (Lipinski definition) is 5. The van der Waals surface area contributed by atoms with E-state index in [4.69, 9.17) is 14.2 Å². The number of amides is 1. The van der Waals surface area contributed by atoms with Gasteiger partial charge < -0.3 is 14.2 Å². The van der Waals surface area contributed by atoms with Gasteiger partial charge in [-0.15, -0.1) is 0 Å². The molecule has 0 atom stereocenters. The first-order valence-electron chi connectivity index (χ1n) is 10.9.